The molecule has 0 amide bonds. The van der Waals surface area contributed by atoms with Gasteiger partial charge < -0.3 is 5.32 Å². The van der Waals surface area contributed by atoms with Crippen LogP contribution in [-0.4, -0.2) is 38.9 Å². The molecule has 1 aromatic carbocycles. The van der Waals surface area contributed by atoms with Crippen LogP contribution in [0.25, 0.3) is 0 Å². The standard InChI is InChI=1S/C15H20ClN3O2S/c1-2-18-11-12-5-7-19(8-6-12)22(20,21)14-3-4-15(16)13(9-14)10-17/h3-4,9,12,18H,2,5-8,11H2,1H3. The second kappa shape index (κ2) is 7.42. The van der Waals surface area contributed by atoms with E-state index in [4.69, 9.17) is 16.9 Å². The highest BCUT2D eigenvalue weighted by molar-refractivity contribution is 7.89. The number of nitrogens with one attached hydrogen (secondary N) is 1. The van der Waals surface area contributed by atoms with E-state index < -0.39 is 10.0 Å². The first-order valence-corrected chi connectivity index (χ1v) is 9.21. The Bertz CT molecular complexity index is 662. The van der Waals surface area contributed by atoms with Crippen molar-refractivity contribution in [2.24, 2.45) is 5.92 Å². The van der Waals surface area contributed by atoms with Crippen LogP contribution in [0.1, 0.15) is 25.3 Å². The van der Waals surface area contributed by atoms with Gasteiger partial charge in [-0.2, -0.15) is 9.57 Å². The molecular formula is C15H20ClN3O2S. The third kappa shape index (κ3) is 3.79. The van der Waals surface area contributed by atoms with Crippen LogP contribution in [0.5, 0.6) is 0 Å². The SMILES string of the molecule is CCNCC1CCN(S(=O)(=O)c2ccc(Cl)c(C#N)c2)CC1. The van der Waals surface area contributed by atoms with Gasteiger partial charge in [-0.25, -0.2) is 8.42 Å². The molecule has 1 aliphatic rings. The second-order valence-electron chi connectivity index (χ2n) is 5.41. The Labute approximate surface area is 136 Å². The first-order chi connectivity index (χ1) is 10.5. The normalized spacial score (nSPS) is 17.3. The van der Waals surface area contributed by atoms with E-state index in [-0.39, 0.29) is 15.5 Å². The number of hydrogen-bond acceptors (Lipinski definition) is 4. The van der Waals surface area contributed by atoms with Crippen molar-refractivity contribution in [1.29, 1.82) is 5.26 Å². The Kier molecular flexibility index (Phi) is 5.81. The minimum atomic E-state index is -3.55. The van der Waals surface area contributed by atoms with Crippen LogP contribution in [0.4, 0.5) is 0 Å². The van der Waals surface area contributed by atoms with Crippen molar-refractivity contribution in [3.05, 3.63) is 28.8 Å². The number of rotatable bonds is 5. The smallest absolute Gasteiger partial charge is 0.243 e. The van der Waals surface area contributed by atoms with Crippen LogP contribution in [0.2, 0.25) is 5.02 Å². The highest BCUT2D eigenvalue weighted by atomic mass is 35.5. The molecule has 5 nitrogen and oxygen atoms in total. The van der Waals surface area contributed by atoms with Gasteiger partial charge in [0.1, 0.15) is 6.07 Å². The molecule has 0 atom stereocenters. The molecule has 0 aliphatic carbocycles. The zero-order valence-electron chi connectivity index (χ0n) is 12.5. The fraction of sp³-hybridized carbons (Fsp3) is 0.533. The minimum absolute atomic E-state index is 0.138. The molecule has 1 heterocycles. The zero-order chi connectivity index (χ0) is 16.2. The predicted molar refractivity (Wildman–Crippen MR) is 86.2 cm³/mol. The minimum Gasteiger partial charge on any atom is -0.317 e. The lowest BCUT2D eigenvalue weighted by atomic mass is 9.98. The van der Waals surface area contributed by atoms with Crippen LogP contribution >= 0.6 is 11.6 Å². The third-order valence-corrected chi connectivity index (χ3v) is 6.18. The van der Waals surface area contributed by atoms with Crippen molar-refractivity contribution in [3.63, 3.8) is 0 Å². The van der Waals surface area contributed by atoms with Gasteiger partial charge in [0.05, 0.1) is 15.5 Å². The Balaban J connectivity index is 2.11. The number of nitrogens with zero attached hydrogens (tertiary/aromatic N) is 2. The molecule has 120 valence electrons. The highest BCUT2D eigenvalue weighted by Crippen LogP contribution is 2.26. The largest absolute Gasteiger partial charge is 0.317 e. The molecule has 1 saturated heterocycles. The van der Waals surface area contributed by atoms with E-state index in [1.54, 1.807) is 0 Å². The Morgan fingerprint density at radius 3 is 2.68 bits per heavy atom. The Morgan fingerprint density at radius 2 is 2.09 bits per heavy atom. The van der Waals surface area contributed by atoms with E-state index in [1.165, 1.54) is 22.5 Å². The van der Waals surface area contributed by atoms with Gasteiger partial charge in [0, 0.05) is 13.1 Å². The zero-order valence-corrected chi connectivity index (χ0v) is 14.1. The fourth-order valence-corrected chi connectivity index (χ4v) is 4.26. The predicted octanol–water partition coefficient (Wildman–Crippen LogP) is 2.22. The molecule has 1 aromatic rings. The number of benzene rings is 1. The van der Waals surface area contributed by atoms with Gasteiger partial charge in [0.2, 0.25) is 10.0 Å². The summed E-state index contributed by atoms with van der Waals surface area (Å²) in [6, 6.07) is 6.19. The van der Waals surface area contributed by atoms with Crippen molar-refractivity contribution < 1.29 is 8.42 Å². The van der Waals surface area contributed by atoms with Crippen molar-refractivity contribution in [2.75, 3.05) is 26.2 Å². The highest BCUT2D eigenvalue weighted by Gasteiger charge is 2.29. The van der Waals surface area contributed by atoms with Crippen LogP contribution in [-0.2, 0) is 10.0 Å². The van der Waals surface area contributed by atoms with Crippen LogP contribution in [0.15, 0.2) is 23.1 Å². The molecule has 22 heavy (non-hydrogen) atoms. The molecular weight excluding hydrogens is 322 g/mol. The molecule has 0 bridgehead atoms. The number of nitriles is 1. The van der Waals surface area contributed by atoms with Crippen LogP contribution < -0.4 is 5.32 Å². The molecule has 2 rings (SSSR count). The number of sulfonamides is 1. The maximum absolute atomic E-state index is 12.6. The molecule has 0 saturated carbocycles. The quantitative estimate of drug-likeness (QED) is 0.891. The van der Waals surface area contributed by atoms with Crippen molar-refractivity contribution in [2.45, 2.75) is 24.7 Å². The molecule has 1 aliphatic heterocycles. The van der Waals surface area contributed by atoms with Crippen molar-refractivity contribution in [3.8, 4) is 6.07 Å². The monoisotopic (exact) mass is 341 g/mol. The van der Waals surface area contributed by atoms with Crippen molar-refractivity contribution in [1.82, 2.24) is 9.62 Å². The van der Waals surface area contributed by atoms with Gasteiger partial charge in [-0.05, 0) is 50.0 Å². The van der Waals surface area contributed by atoms with E-state index in [1.807, 2.05) is 6.07 Å². The van der Waals surface area contributed by atoms with Gasteiger partial charge in [-0.3, -0.25) is 0 Å². The first-order valence-electron chi connectivity index (χ1n) is 7.39. The summed E-state index contributed by atoms with van der Waals surface area (Å²) in [5.41, 5.74) is 0.185. The summed E-state index contributed by atoms with van der Waals surface area (Å²) in [5, 5.41) is 12.6. The number of piperidine rings is 1. The molecule has 1 fully saturated rings. The summed E-state index contributed by atoms with van der Waals surface area (Å²) in [5.74, 6) is 0.520. The summed E-state index contributed by atoms with van der Waals surface area (Å²) in [4.78, 5) is 0.138. The molecule has 7 heteroatoms. The second-order valence-corrected chi connectivity index (χ2v) is 7.75. The van der Waals surface area contributed by atoms with E-state index in [0.717, 1.165) is 25.9 Å². The van der Waals surface area contributed by atoms with E-state index >= 15 is 0 Å². The molecule has 0 spiro atoms. The summed E-state index contributed by atoms with van der Waals surface area (Å²) in [6.07, 6.45) is 1.70. The molecule has 0 radical (unpaired) electrons. The van der Waals surface area contributed by atoms with Crippen molar-refractivity contribution >= 4 is 21.6 Å². The molecule has 1 N–H and O–H groups in total. The van der Waals surface area contributed by atoms with Gasteiger partial charge >= 0.3 is 0 Å². The molecule has 0 unspecified atom stereocenters. The summed E-state index contributed by atoms with van der Waals surface area (Å²) >= 11 is 5.86. The number of hydrogen-bond donors (Lipinski definition) is 1. The Morgan fingerprint density at radius 1 is 1.41 bits per heavy atom. The maximum Gasteiger partial charge on any atom is 0.243 e. The molecule has 0 aromatic heterocycles. The maximum atomic E-state index is 12.6. The van der Waals surface area contributed by atoms with Gasteiger partial charge in [-0.1, -0.05) is 18.5 Å². The van der Waals surface area contributed by atoms with Gasteiger partial charge in [0.15, 0.2) is 0 Å². The Hall–Kier alpha value is -1.13. The lowest BCUT2D eigenvalue weighted by Crippen LogP contribution is -2.40. The third-order valence-electron chi connectivity index (χ3n) is 3.95. The van der Waals surface area contributed by atoms with Crippen LogP contribution in [0, 0.1) is 17.2 Å². The summed E-state index contributed by atoms with van der Waals surface area (Å²) in [7, 11) is -3.55. The van der Waals surface area contributed by atoms with E-state index in [9.17, 15) is 8.42 Å². The first kappa shape index (κ1) is 17.2. The lowest BCUT2D eigenvalue weighted by Gasteiger charge is -2.31. The summed E-state index contributed by atoms with van der Waals surface area (Å²) < 4.78 is 26.8. The van der Waals surface area contributed by atoms with Gasteiger partial charge in [-0.15, -0.1) is 0 Å². The average molecular weight is 342 g/mol. The van der Waals surface area contributed by atoms with Crippen LogP contribution in [0.3, 0.4) is 0 Å². The van der Waals surface area contributed by atoms with E-state index in [2.05, 4.69) is 12.2 Å². The van der Waals surface area contributed by atoms with E-state index in [0.29, 0.717) is 19.0 Å². The topological polar surface area (TPSA) is 73.2 Å². The fourth-order valence-electron chi connectivity index (χ4n) is 2.60. The van der Waals surface area contributed by atoms with Gasteiger partial charge in [0.25, 0.3) is 0 Å². The summed E-state index contributed by atoms with van der Waals surface area (Å²) in [6.45, 7) is 4.96. The average Bonchev–Trinajstić information content (AvgIpc) is 2.53. The number of halogens is 1. The lowest BCUT2D eigenvalue weighted by molar-refractivity contribution is 0.268.